The molecule has 1 rings (SSSR count). The molecule has 1 unspecified atom stereocenters. The van der Waals surface area contributed by atoms with Gasteiger partial charge in [-0.1, -0.05) is 0 Å². The molecule has 1 aromatic rings. The van der Waals surface area contributed by atoms with Crippen molar-refractivity contribution in [3.63, 3.8) is 0 Å². The van der Waals surface area contributed by atoms with Crippen LogP contribution >= 0.6 is 54.8 Å². The summed E-state index contributed by atoms with van der Waals surface area (Å²) in [5.41, 5.74) is 0. The second-order valence-corrected chi connectivity index (χ2v) is 6.22. The molecule has 2 nitrogen and oxygen atoms in total. The Morgan fingerprint density at radius 2 is 2.36 bits per heavy atom. The zero-order valence-electron chi connectivity index (χ0n) is 7.31. The van der Waals surface area contributed by atoms with Crippen molar-refractivity contribution in [1.29, 1.82) is 0 Å². The molecule has 0 saturated carbocycles. The highest BCUT2D eigenvalue weighted by molar-refractivity contribution is 9.13. The van der Waals surface area contributed by atoms with Crippen LogP contribution in [0, 0.1) is 0 Å². The third-order valence-corrected chi connectivity index (χ3v) is 5.38. The molecule has 0 fully saturated rings. The number of halogens is 3. The van der Waals surface area contributed by atoms with Crippen molar-refractivity contribution in [1.82, 2.24) is 5.32 Å². The summed E-state index contributed by atoms with van der Waals surface area (Å²) in [6.07, 6.45) is 0. The molecule has 0 saturated heterocycles. The quantitative estimate of drug-likeness (QED) is 0.818. The van der Waals surface area contributed by atoms with Gasteiger partial charge in [0.2, 0.25) is 5.91 Å². The molecule has 0 aliphatic heterocycles. The van der Waals surface area contributed by atoms with Crippen LogP contribution in [0.3, 0.4) is 0 Å². The summed E-state index contributed by atoms with van der Waals surface area (Å²) < 4.78 is 1.87. The molecule has 6 heteroatoms. The lowest BCUT2D eigenvalue weighted by Gasteiger charge is -2.06. The van der Waals surface area contributed by atoms with E-state index in [4.69, 9.17) is 11.6 Å². The van der Waals surface area contributed by atoms with Gasteiger partial charge in [0.15, 0.2) is 0 Å². The Morgan fingerprint density at radius 3 is 2.79 bits per heavy atom. The lowest BCUT2D eigenvalue weighted by Crippen LogP contribution is -2.25. The van der Waals surface area contributed by atoms with E-state index >= 15 is 0 Å². The Kier molecular flexibility index (Phi) is 4.90. The number of carbonyl (C=O) groups excluding carboxylic acids is 1. The Labute approximate surface area is 108 Å². The van der Waals surface area contributed by atoms with Gasteiger partial charge in [-0.15, -0.1) is 22.9 Å². The van der Waals surface area contributed by atoms with Crippen LogP contribution in [0.4, 0.5) is 0 Å². The minimum absolute atomic E-state index is 0.157. The number of alkyl halides is 1. The second kappa shape index (κ2) is 5.49. The maximum absolute atomic E-state index is 11.4. The van der Waals surface area contributed by atoms with Crippen molar-refractivity contribution < 1.29 is 4.79 Å². The van der Waals surface area contributed by atoms with E-state index in [0.717, 1.165) is 13.1 Å². The maximum Gasteiger partial charge on any atom is 0.243 e. The number of likely N-dealkylation sites (N-methyl/N-ethyl adjacent to an activating group) is 1. The van der Waals surface area contributed by atoms with E-state index in [-0.39, 0.29) is 5.91 Å². The Morgan fingerprint density at radius 1 is 1.71 bits per heavy atom. The molecule has 0 aliphatic carbocycles. The third-order valence-electron chi connectivity index (χ3n) is 1.50. The molecule has 1 aromatic heterocycles. The van der Waals surface area contributed by atoms with Crippen molar-refractivity contribution in [3.8, 4) is 0 Å². The van der Waals surface area contributed by atoms with E-state index in [1.54, 1.807) is 0 Å². The largest absolute Gasteiger partial charge is 0.355 e. The molecule has 1 heterocycles. The third kappa shape index (κ3) is 2.95. The fraction of sp³-hybridized carbons (Fsp3) is 0.375. The van der Waals surface area contributed by atoms with Crippen LogP contribution in [-0.4, -0.2) is 12.5 Å². The van der Waals surface area contributed by atoms with Gasteiger partial charge in [0.1, 0.15) is 5.38 Å². The number of nitrogens with one attached hydrogen (secondary N) is 1. The first-order chi connectivity index (χ1) is 6.56. The average Bonchev–Trinajstić information content (AvgIpc) is 2.46. The van der Waals surface area contributed by atoms with Crippen LogP contribution in [-0.2, 0) is 4.79 Å². The van der Waals surface area contributed by atoms with Crippen molar-refractivity contribution in [2.24, 2.45) is 0 Å². The zero-order chi connectivity index (χ0) is 10.7. The molecule has 1 N–H and O–H groups in total. The smallest absolute Gasteiger partial charge is 0.243 e. The molecule has 78 valence electrons. The highest BCUT2D eigenvalue weighted by Crippen LogP contribution is 2.37. The van der Waals surface area contributed by atoms with E-state index in [9.17, 15) is 4.79 Å². The molecule has 0 spiro atoms. The minimum atomic E-state index is -0.609. The fourth-order valence-corrected chi connectivity index (χ4v) is 3.22. The summed E-state index contributed by atoms with van der Waals surface area (Å²) in [5.74, 6) is -0.157. The van der Waals surface area contributed by atoms with Gasteiger partial charge in [-0.3, -0.25) is 4.79 Å². The molecule has 1 atom stereocenters. The van der Waals surface area contributed by atoms with Gasteiger partial charge in [0.25, 0.3) is 0 Å². The standard InChI is InChI=1S/C8H8Br2ClNOS/c1-2-12-8(13)6(11)5-3-4(9)7(10)14-5/h3,6H,2H2,1H3,(H,12,13). The topological polar surface area (TPSA) is 29.1 Å². The van der Waals surface area contributed by atoms with Crippen LogP contribution in [0.25, 0.3) is 0 Å². The molecular weight excluding hydrogens is 353 g/mol. The summed E-state index contributed by atoms with van der Waals surface area (Å²) in [7, 11) is 0. The van der Waals surface area contributed by atoms with E-state index in [1.165, 1.54) is 11.3 Å². The number of amides is 1. The lowest BCUT2D eigenvalue weighted by atomic mass is 10.3. The Bertz CT molecular complexity index is 323. The van der Waals surface area contributed by atoms with Gasteiger partial charge in [0, 0.05) is 15.9 Å². The summed E-state index contributed by atoms with van der Waals surface area (Å²) in [6.45, 7) is 2.46. The van der Waals surface area contributed by atoms with E-state index in [1.807, 2.05) is 13.0 Å². The molecule has 0 aliphatic rings. The van der Waals surface area contributed by atoms with Crippen molar-refractivity contribution in [2.45, 2.75) is 12.3 Å². The number of rotatable bonds is 3. The summed E-state index contributed by atoms with van der Waals surface area (Å²) >= 11 is 14.1. The van der Waals surface area contributed by atoms with Crippen LogP contribution in [0.5, 0.6) is 0 Å². The van der Waals surface area contributed by atoms with E-state index < -0.39 is 5.38 Å². The van der Waals surface area contributed by atoms with Gasteiger partial charge in [0.05, 0.1) is 3.79 Å². The van der Waals surface area contributed by atoms with Crippen LogP contribution in [0.1, 0.15) is 17.2 Å². The summed E-state index contributed by atoms with van der Waals surface area (Å²) in [6, 6.07) is 1.85. The number of carbonyl (C=O) groups is 1. The molecule has 0 aromatic carbocycles. The van der Waals surface area contributed by atoms with Crippen molar-refractivity contribution in [2.75, 3.05) is 6.54 Å². The maximum atomic E-state index is 11.4. The average molecular weight is 361 g/mol. The Hall–Kier alpha value is 0.420. The summed E-state index contributed by atoms with van der Waals surface area (Å²) in [5, 5.41) is 2.07. The van der Waals surface area contributed by atoms with Gasteiger partial charge in [-0.05, 0) is 44.8 Å². The monoisotopic (exact) mass is 359 g/mol. The Balaban J connectivity index is 2.78. The number of thiophene rings is 1. The molecule has 1 amide bonds. The van der Waals surface area contributed by atoms with E-state index in [0.29, 0.717) is 6.54 Å². The molecule has 0 bridgehead atoms. The first-order valence-corrected chi connectivity index (χ1v) is 6.76. The first kappa shape index (κ1) is 12.5. The van der Waals surface area contributed by atoms with Gasteiger partial charge in [-0.25, -0.2) is 0 Å². The highest BCUT2D eigenvalue weighted by Gasteiger charge is 2.19. The van der Waals surface area contributed by atoms with Crippen molar-refractivity contribution >= 4 is 60.7 Å². The van der Waals surface area contributed by atoms with Gasteiger partial charge < -0.3 is 5.32 Å². The van der Waals surface area contributed by atoms with Crippen LogP contribution in [0.15, 0.2) is 14.3 Å². The number of hydrogen-bond donors (Lipinski definition) is 1. The molecule has 14 heavy (non-hydrogen) atoms. The van der Waals surface area contributed by atoms with Crippen LogP contribution < -0.4 is 5.32 Å². The van der Waals surface area contributed by atoms with Crippen LogP contribution in [0.2, 0.25) is 0 Å². The molecular formula is C8H8Br2ClNOS. The van der Waals surface area contributed by atoms with Gasteiger partial charge in [-0.2, -0.15) is 0 Å². The molecule has 0 radical (unpaired) electrons. The number of hydrogen-bond acceptors (Lipinski definition) is 2. The predicted octanol–water partition coefficient (Wildman–Crippen LogP) is 3.69. The summed E-state index contributed by atoms with van der Waals surface area (Å²) in [4.78, 5) is 12.2. The minimum Gasteiger partial charge on any atom is -0.355 e. The van der Waals surface area contributed by atoms with Crippen molar-refractivity contribution in [3.05, 3.63) is 19.2 Å². The fourth-order valence-electron chi connectivity index (χ4n) is 0.881. The lowest BCUT2D eigenvalue weighted by molar-refractivity contribution is -0.120. The highest BCUT2D eigenvalue weighted by atomic mass is 79.9. The second-order valence-electron chi connectivity index (χ2n) is 2.53. The van der Waals surface area contributed by atoms with Gasteiger partial charge >= 0.3 is 0 Å². The zero-order valence-corrected chi connectivity index (χ0v) is 12.1. The predicted molar refractivity (Wildman–Crippen MR) is 67.0 cm³/mol. The SMILES string of the molecule is CCNC(=O)C(Cl)c1cc(Br)c(Br)s1. The van der Waals surface area contributed by atoms with E-state index in [2.05, 4.69) is 37.2 Å². The normalized spacial score (nSPS) is 12.6. The first-order valence-electron chi connectivity index (χ1n) is 3.92.